The molecule has 1 atom stereocenters. The summed E-state index contributed by atoms with van der Waals surface area (Å²) >= 11 is 0. The highest BCUT2D eigenvalue weighted by Crippen LogP contribution is 2.36. The molecule has 3 aromatic heterocycles. The van der Waals surface area contributed by atoms with E-state index >= 15 is 0 Å². The topological polar surface area (TPSA) is 124 Å². The zero-order valence-electron chi connectivity index (χ0n) is 21.9. The zero-order chi connectivity index (χ0) is 26.8. The number of tetrazole rings is 1. The summed E-state index contributed by atoms with van der Waals surface area (Å²) < 4.78 is 10.1. The van der Waals surface area contributed by atoms with Gasteiger partial charge < -0.3 is 14.4 Å². The molecule has 0 spiro atoms. The largest absolute Gasteiger partial charge is 0.478 e. The molecule has 0 radical (unpaired) electrons. The number of aromatic carboxylic acids is 1. The predicted octanol–water partition coefficient (Wildman–Crippen LogP) is 4.75. The van der Waals surface area contributed by atoms with Gasteiger partial charge in [0.2, 0.25) is 0 Å². The average Bonchev–Trinajstić information content (AvgIpc) is 3.71. The molecular weight excluding hydrogens is 494 g/mol. The highest BCUT2D eigenvalue weighted by atomic mass is 16.5. The lowest BCUT2D eigenvalue weighted by Gasteiger charge is -2.22. The van der Waals surface area contributed by atoms with Crippen molar-refractivity contribution in [3.8, 4) is 11.3 Å². The summed E-state index contributed by atoms with van der Waals surface area (Å²) in [6.07, 6.45) is 9.16. The number of carboxylic acids is 1. The summed E-state index contributed by atoms with van der Waals surface area (Å²) in [5.74, 6) is -0.317. The lowest BCUT2D eigenvalue weighted by molar-refractivity contribution is -0.0394. The molecular formula is C29H31N7O3. The third-order valence-corrected chi connectivity index (χ3v) is 7.47. The number of hydrogen-bond donors (Lipinski definition) is 2. The molecule has 0 bridgehead atoms. The van der Waals surface area contributed by atoms with Crippen LogP contribution >= 0.6 is 0 Å². The molecule has 1 fully saturated rings. The molecule has 6 rings (SSSR count). The minimum absolute atomic E-state index is 0.0701. The Balaban J connectivity index is 1.47. The van der Waals surface area contributed by atoms with Crippen LogP contribution in [0.1, 0.15) is 58.4 Å². The third-order valence-electron chi connectivity index (χ3n) is 7.47. The fourth-order valence-corrected chi connectivity index (χ4v) is 5.45. The van der Waals surface area contributed by atoms with E-state index in [1.54, 1.807) is 12.1 Å². The number of fused-ring (bicyclic) bond motifs is 1. The van der Waals surface area contributed by atoms with Gasteiger partial charge in [-0.2, -0.15) is 10.3 Å². The Morgan fingerprint density at radius 3 is 2.74 bits per heavy atom. The second-order valence-corrected chi connectivity index (χ2v) is 10.1. The Hall–Kier alpha value is -4.31. The molecule has 1 saturated heterocycles. The number of aryl methyl sites for hydroxylation is 5. The fraction of sp³-hybridized carbons (Fsp3) is 0.345. The van der Waals surface area contributed by atoms with Gasteiger partial charge in [0, 0.05) is 42.2 Å². The van der Waals surface area contributed by atoms with Gasteiger partial charge in [0.25, 0.3) is 0 Å². The van der Waals surface area contributed by atoms with E-state index in [9.17, 15) is 9.90 Å². The van der Waals surface area contributed by atoms with Crippen LogP contribution in [0.4, 0.5) is 0 Å². The summed E-state index contributed by atoms with van der Waals surface area (Å²) in [5.41, 5.74) is 6.81. The first-order chi connectivity index (χ1) is 19.1. The Morgan fingerprint density at radius 1 is 1.13 bits per heavy atom. The van der Waals surface area contributed by atoms with Crippen molar-refractivity contribution in [2.45, 2.75) is 58.2 Å². The van der Waals surface area contributed by atoms with Crippen LogP contribution in [0.25, 0.3) is 22.2 Å². The van der Waals surface area contributed by atoms with Crippen LogP contribution in [0.2, 0.25) is 0 Å². The van der Waals surface area contributed by atoms with Gasteiger partial charge in [-0.15, -0.1) is 10.2 Å². The maximum atomic E-state index is 11.9. The number of benzene rings is 2. The van der Waals surface area contributed by atoms with Crippen molar-refractivity contribution in [2.75, 3.05) is 6.61 Å². The van der Waals surface area contributed by atoms with Crippen molar-refractivity contribution in [1.29, 1.82) is 0 Å². The number of carboxylic acid groups (broad SMARTS) is 1. The van der Waals surface area contributed by atoms with E-state index in [1.807, 2.05) is 16.9 Å². The van der Waals surface area contributed by atoms with E-state index in [4.69, 9.17) is 9.84 Å². The van der Waals surface area contributed by atoms with Crippen molar-refractivity contribution in [1.82, 2.24) is 35.0 Å². The number of rotatable bonds is 9. The minimum Gasteiger partial charge on any atom is -0.478 e. The molecule has 2 N–H and O–H groups in total. The Bertz CT molecular complexity index is 1580. The van der Waals surface area contributed by atoms with E-state index < -0.39 is 5.97 Å². The fourth-order valence-electron chi connectivity index (χ4n) is 5.45. The second kappa shape index (κ2) is 10.8. The van der Waals surface area contributed by atoms with Crippen LogP contribution in [0.3, 0.4) is 0 Å². The SMILES string of the molecule is Cc1ccc(CCc2c(-c3cnn(C4CCCCO4)c3)n(CCc3nn[nH]n3)c3ccc(C(=O)O)cc23)cc1. The highest BCUT2D eigenvalue weighted by Gasteiger charge is 2.23. The van der Waals surface area contributed by atoms with Crippen LogP contribution in [0.5, 0.6) is 0 Å². The number of aromatic amines is 1. The van der Waals surface area contributed by atoms with E-state index in [-0.39, 0.29) is 11.8 Å². The first kappa shape index (κ1) is 25.0. The maximum Gasteiger partial charge on any atom is 0.335 e. The Labute approximate surface area is 225 Å². The first-order valence-corrected chi connectivity index (χ1v) is 13.4. The van der Waals surface area contributed by atoms with Gasteiger partial charge >= 0.3 is 5.97 Å². The molecule has 2 aromatic carbocycles. The Kier molecular flexibility index (Phi) is 6.93. The van der Waals surface area contributed by atoms with Gasteiger partial charge in [-0.1, -0.05) is 35.0 Å². The Morgan fingerprint density at radius 2 is 2.00 bits per heavy atom. The molecule has 4 heterocycles. The molecule has 1 unspecified atom stereocenters. The summed E-state index contributed by atoms with van der Waals surface area (Å²) in [7, 11) is 0. The van der Waals surface area contributed by atoms with Crippen molar-refractivity contribution in [3.05, 3.63) is 82.9 Å². The number of nitrogens with one attached hydrogen (secondary N) is 1. The molecule has 1 aliphatic rings. The smallest absolute Gasteiger partial charge is 0.335 e. The van der Waals surface area contributed by atoms with E-state index in [2.05, 4.69) is 62.6 Å². The number of H-pyrrole nitrogens is 1. The summed E-state index contributed by atoms with van der Waals surface area (Å²) in [4.78, 5) is 11.9. The molecule has 10 nitrogen and oxygen atoms in total. The molecule has 39 heavy (non-hydrogen) atoms. The molecule has 1 aliphatic heterocycles. The van der Waals surface area contributed by atoms with Gasteiger partial charge in [-0.05, 0) is 68.4 Å². The molecule has 200 valence electrons. The van der Waals surface area contributed by atoms with Crippen LogP contribution in [0.15, 0.2) is 54.9 Å². The number of aromatic nitrogens is 7. The van der Waals surface area contributed by atoms with Gasteiger partial charge in [0.1, 0.15) is 6.23 Å². The summed E-state index contributed by atoms with van der Waals surface area (Å²) in [6, 6.07) is 13.9. The van der Waals surface area contributed by atoms with Crippen LogP contribution in [0, 0.1) is 6.92 Å². The molecule has 0 saturated carbocycles. The maximum absolute atomic E-state index is 11.9. The van der Waals surface area contributed by atoms with Crippen LogP contribution in [-0.4, -0.2) is 52.7 Å². The summed E-state index contributed by atoms with van der Waals surface area (Å²) in [5, 5.41) is 29.9. The lowest BCUT2D eigenvalue weighted by Crippen LogP contribution is -2.18. The van der Waals surface area contributed by atoms with Gasteiger partial charge in [0.05, 0.1) is 17.5 Å². The van der Waals surface area contributed by atoms with Crippen molar-refractivity contribution in [3.63, 3.8) is 0 Å². The van der Waals surface area contributed by atoms with Gasteiger partial charge in [-0.25, -0.2) is 9.48 Å². The van der Waals surface area contributed by atoms with Gasteiger partial charge in [0.15, 0.2) is 5.82 Å². The number of ether oxygens (including phenoxy) is 1. The second-order valence-electron chi connectivity index (χ2n) is 10.1. The molecule has 5 aromatic rings. The lowest BCUT2D eigenvalue weighted by atomic mass is 9.98. The van der Waals surface area contributed by atoms with Crippen LogP contribution < -0.4 is 0 Å². The molecule has 0 amide bonds. The van der Waals surface area contributed by atoms with Gasteiger partial charge in [-0.3, -0.25) is 0 Å². The number of hydrogen-bond acceptors (Lipinski definition) is 6. The standard InChI is InChI=1S/C29H31N7O3/c1-19-5-7-20(8-6-19)9-11-23-24-16-21(29(37)38)10-12-25(24)35(14-13-26-31-33-34-32-26)28(23)22-17-30-36(18-22)27-4-2-3-15-39-27/h5-8,10,12,16-18,27H,2-4,9,11,13-15H2,1H3,(H,37,38)(H,31,32,33,34). The third kappa shape index (κ3) is 5.20. The first-order valence-electron chi connectivity index (χ1n) is 13.4. The van der Waals surface area contributed by atoms with E-state index in [0.29, 0.717) is 18.8 Å². The van der Waals surface area contributed by atoms with Crippen molar-refractivity contribution in [2.24, 2.45) is 0 Å². The quantitative estimate of drug-likeness (QED) is 0.285. The normalized spacial score (nSPS) is 15.7. The molecule has 10 heteroatoms. The minimum atomic E-state index is -0.940. The van der Waals surface area contributed by atoms with Crippen LogP contribution in [-0.2, 0) is 30.5 Å². The van der Waals surface area contributed by atoms with Crippen molar-refractivity contribution < 1.29 is 14.6 Å². The monoisotopic (exact) mass is 525 g/mol. The van der Waals surface area contributed by atoms with Crippen molar-refractivity contribution >= 4 is 16.9 Å². The predicted molar refractivity (Wildman–Crippen MR) is 145 cm³/mol. The molecule has 0 aliphatic carbocycles. The summed E-state index contributed by atoms with van der Waals surface area (Å²) in [6.45, 7) is 3.43. The number of carbonyl (C=O) groups is 1. The highest BCUT2D eigenvalue weighted by molar-refractivity contribution is 5.98. The van der Waals surface area contributed by atoms with E-state index in [0.717, 1.165) is 66.4 Å². The number of nitrogens with zero attached hydrogens (tertiary/aromatic N) is 6. The van der Waals surface area contributed by atoms with E-state index in [1.165, 1.54) is 11.1 Å². The zero-order valence-corrected chi connectivity index (χ0v) is 21.9. The average molecular weight is 526 g/mol.